The highest BCUT2D eigenvalue weighted by atomic mass is 16.1. The van der Waals surface area contributed by atoms with Gasteiger partial charge < -0.3 is 0 Å². The zero-order valence-electron chi connectivity index (χ0n) is 69.6. The molecule has 0 fully saturated rings. The fraction of sp³-hybridized carbons (Fsp3) is 0. The summed E-state index contributed by atoms with van der Waals surface area (Å²) in [6, 6.07) is 154. The lowest BCUT2D eigenvalue weighted by Crippen LogP contribution is -2.14. The smallest absolute Gasteiger partial charge is 0.264 e. The molecule has 0 atom stereocenters. The molecule has 26 aromatic rings. The minimum absolute atomic E-state index is 0.0433. The van der Waals surface area contributed by atoms with Gasteiger partial charge in [-0.3, -0.25) is 27.6 Å². The first-order chi connectivity index (χ1) is 63.8. The van der Waals surface area contributed by atoms with Crippen molar-refractivity contribution < 1.29 is 0 Å². The van der Waals surface area contributed by atoms with Crippen molar-refractivity contribution in [1.82, 2.24) is 28.2 Å². The molecule has 0 radical (unpaired) electrons. The molecule has 0 unspecified atom stereocenters. The first kappa shape index (κ1) is 75.4. The molecular weight excluding hydrogens is 1570 g/mol. The largest absolute Gasteiger partial charge is 0.268 e. The molecule has 0 N–H and O–H groups in total. The van der Waals surface area contributed by atoms with Crippen LogP contribution in [0.25, 0.3) is 237 Å². The van der Waals surface area contributed by atoms with Gasteiger partial charge in [0.15, 0.2) is 0 Å². The van der Waals surface area contributed by atoms with Gasteiger partial charge in [-0.05, 0) is 142 Å². The fourth-order valence-electron chi connectivity index (χ4n) is 20.0. The van der Waals surface area contributed by atoms with Crippen molar-refractivity contribution in [2.24, 2.45) is 0 Å². The van der Waals surface area contributed by atoms with Crippen LogP contribution in [0, 0.1) is 0 Å². The summed E-state index contributed by atoms with van der Waals surface area (Å²) in [4.78, 5) is 60.0. The van der Waals surface area contributed by atoms with E-state index in [1.165, 1.54) is 0 Å². The Morgan fingerprint density at radius 3 is 0.682 bits per heavy atom. The van der Waals surface area contributed by atoms with Gasteiger partial charge in [0.05, 0.1) is 33.1 Å². The third-order valence-electron chi connectivity index (χ3n) is 25.7. The number of nitrogens with zero attached hydrogens (tertiary/aromatic N) is 6. The van der Waals surface area contributed by atoms with E-state index in [1.54, 1.807) is 0 Å². The maximum absolute atomic E-state index is 14.8. The SMILES string of the molecule is O=c1c2ccc(-c3ccccc3)c3cccc(c32)c2nc3c(-c4ccccc4)cc(-c4ccccc4)c(-c4ccccc4)c3n12.O=c1c2ccc(-c3ccccc3)c3cccc(c32)c2nc3c(-c4ccccc4)ccc(-c4ccccc4)c3n12.O=c1c2cccc3c(-c4ccccc4)ccc(c32)c2nc3c(-c4ccccc4)cc(-c4ccccc4)c(-c4ccccc4)c3n12. The molecule has 9 nitrogen and oxygen atoms in total. The van der Waals surface area contributed by atoms with Gasteiger partial charge in [0.2, 0.25) is 0 Å². The summed E-state index contributed by atoms with van der Waals surface area (Å²) in [5.41, 5.74) is 30.2. The van der Waals surface area contributed by atoms with E-state index in [2.05, 4.69) is 322 Å². The molecule has 6 heterocycles. The van der Waals surface area contributed by atoms with Crippen LogP contribution < -0.4 is 16.7 Å². The van der Waals surface area contributed by atoms with E-state index in [0.717, 1.165) is 204 Å². The second-order valence-electron chi connectivity index (χ2n) is 32.9. The summed E-state index contributed by atoms with van der Waals surface area (Å²) in [5.74, 6) is 0. The predicted molar refractivity (Wildman–Crippen MR) is 535 cm³/mol. The van der Waals surface area contributed by atoms with Crippen LogP contribution in [-0.2, 0) is 0 Å². The molecule has 0 bridgehead atoms. The van der Waals surface area contributed by atoms with Crippen LogP contribution in [0.3, 0.4) is 0 Å². The van der Waals surface area contributed by atoms with E-state index in [1.807, 2.05) is 141 Å². The highest BCUT2D eigenvalue weighted by Gasteiger charge is 2.30. The Kier molecular flexibility index (Phi) is 18.2. The minimum Gasteiger partial charge on any atom is -0.268 e. The lowest BCUT2D eigenvalue weighted by atomic mass is 9.89. The average molecular weight is 1650 g/mol. The molecule has 0 aliphatic rings. The molecule has 0 amide bonds. The molecule has 602 valence electrons. The highest BCUT2D eigenvalue weighted by Crippen LogP contribution is 2.49. The lowest BCUT2D eigenvalue weighted by molar-refractivity contribution is 1.19. The Balaban J connectivity index is 0.000000108. The second-order valence-corrected chi connectivity index (χ2v) is 32.9. The van der Waals surface area contributed by atoms with Gasteiger partial charge in [0, 0.05) is 81.9 Å². The maximum atomic E-state index is 14.8. The number of imidazole rings is 3. The van der Waals surface area contributed by atoms with Gasteiger partial charge in [0.25, 0.3) is 16.7 Å². The summed E-state index contributed by atoms with van der Waals surface area (Å²) >= 11 is 0. The minimum atomic E-state index is -0.0581. The topological polar surface area (TPSA) is 103 Å². The Labute approximate surface area is 740 Å². The van der Waals surface area contributed by atoms with Crippen LogP contribution in [0.4, 0.5) is 0 Å². The number of rotatable bonds is 11. The van der Waals surface area contributed by atoms with Gasteiger partial charge >= 0.3 is 0 Å². The van der Waals surface area contributed by atoms with E-state index in [4.69, 9.17) is 15.0 Å². The third kappa shape index (κ3) is 12.4. The van der Waals surface area contributed by atoms with Crippen molar-refractivity contribution in [3.05, 3.63) is 480 Å². The molecule has 0 spiro atoms. The normalized spacial score (nSPS) is 11.7. The lowest BCUT2D eigenvalue weighted by Gasteiger charge is -2.16. The summed E-state index contributed by atoms with van der Waals surface area (Å²) in [5, 5.41) is 11.1. The molecule has 9 heteroatoms. The van der Waals surface area contributed by atoms with Crippen LogP contribution >= 0.6 is 0 Å². The van der Waals surface area contributed by atoms with E-state index >= 15 is 0 Å². The number of benzene rings is 20. The van der Waals surface area contributed by atoms with E-state index in [0.29, 0.717) is 33.1 Å². The average Bonchev–Trinajstić information content (AvgIpc) is 1.56. The van der Waals surface area contributed by atoms with Gasteiger partial charge in [0.1, 0.15) is 16.9 Å². The van der Waals surface area contributed by atoms with Crippen LogP contribution in [0.5, 0.6) is 0 Å². The molecule has 0 aliphatic carbocycles. The number of hydrogen-bond donors (Lipinski definition) is 0. The molecular formula is C120H74N6O3. The fourth-order valence-corrected chi connectivity index (χ4v) is 20.0. The van der Waals surface area contributed by atoms with Gasteiger partial charge in [-0.15, -0.1) is 0 Å². The van der Waals surface area contributed by atoms with E-state index < -0.39 is 0 Å². The quantitative estimate of drug-likeness (QED) is 0.128. The molecule has 129 heavy (non-hydrogen) atoms. The van der Waals surface area contributed by atoms with Crippen molar-refractivity contribution in [3.63, 3.8) is 0 Å². The van der Waals surface area contributed by atoms with Crippen LogP contribution in [0.15, 0.2) is 463 Å². The van der Waals surface area contributed by atoms with Crippen LogP contribution in [0.1, 0.15) is 0 Å². The Hall–Kier alpha value is -17.4. The third-order valence-corrected chi connectivity index (χ3v) is 25.7. The van der Waals surface area contributed by atoms with Crippen molar-refractivity contribution in [2.45, 2.75) is 0 Å². The summed E-state index contributed by atoms with van der Waals surface area (Å²) < 4.78 is 5.58. The number of aromatic nitrogens is 6. The van der Waals surface area contributed by atoms with Crippen molar-refractivity contribution in [1.29, 1.82) is 0 Å². The van der Waals surface area contributed by atoms with Crippen LogP contribution in [-0.4, -0.2) is 28.2 Å². The standard InChI is InChI=1S/2C42H26N2O.C36H22N2O/c45-42-34-23-13-22-32-31(27-14-5-1-6-15-27)24-25-33(38(32)34)41-43-39-36(29-18-9-3-10-19-29)26-35(28-16-7-2-8-17-28)37(40(39)44(41)42)30-20-11-4-12-21-30;45-42-34-25-24-31(27-14-5-1-6-15-27)32-22-13-23-33(38(32)34)41-43-39-36(29-18-9-3-10-19-29)26-35(28-16-7-2-8-17-28)37(40(39)44(41)42)30-20-11-4-12-21-30;39-36-31-22-19-26(23-11-4-1-5-12-23)29-17-10-18-30(32(29)31)35-37-33-27(24-13-6-2-7-14-24)20-21-28(34(33)38(35)36)25-15-8-3-9-16-25/h2*1-26H;1-22H. The number of hydrogen-bond acceptors (Lipinski definition) is 6. The molecule has 6 aromatic heterocycles. The van der Waals surface area contributed by atoms with Crippen molar-refractivity contribution in [3.8, 4) is 122 Å². The summed E-state index contributed by atoms with van der Waals surface area (Å²) in [6.07, 6.45) is 0. The number of pyridine rings is 3. The van der Waals surface area contributed by atoms with Gasteiger partial charge in [-0.2, -0.15) is 0 Å². The van der Waals surface area contributed by atoms with Gasteiger partial charge in [-0.1, -0.05) is 413 Å². The summed E-state index contributed by atoms with van der Waals surface area (Å²) in [6.45, 7) is 0. The molecule has 0 aliphatic heterocycles. The highest BCUT2D eigenvalue weighted by molar-refractivity contribution is 6.24. The summed E-state index contributed by atoms with van der Waals surface area (Å²) in [7, 11) is 0. The Morgan fingerprint density at radius 2 is 0.364 bits per heavy atom. The second kappa shape index (κ2) is 31.1. The molecule has 0 saturated heterocycles. The van der Waals surface area contributed by atoms with Crippen molar-refractivity contribution >= 4 is 115 Å². The first-order valence-corrected chi connectivity index (χ1v) is 43.5. The predicted octanol–water partition coefficient (Wildman–Crippen LogP) is 29.1. The van der Waals surface area contributed by atoms with E-state index in [9.17, 15) is 14.4 Å². The van der Waals surface area contributed by atoms with Crippen molar-refractivity contribution in [2.75, 3.05) is 0 Å². The molecule has 0 saturated carbocycles. The first-order valence-electron chi connectivity index (χ1n) is 43.5. The molecule has 20 aromatic carbocycles. The molecule has 26 rings (SSSR count). The van der Waals surface area contributed by atoms with Crippen LogP contribution in [0.2, 0.25) is 0 Å². The monoisotopic (exact) mass is 1650 g/mol. The number of fused-ring (bicyclic) bond motifs is 12. The zero-order chi connectivity index (χ0) is 85.7. The Bertz CT molecular complexity index is 8730. The zero-order valence-corrected chi connectivity index (χ0v) is 69.6. The maximum Gasteiger partial charge on any atom is 0.264 e. The Morgan fingerprint density at radius 1 is 0.155 bits per heavy atom. The van der Waals surface area contributed by atoms with E-state index in [-0.39, 0.29) is 16.7 Å². The van der Waals surface area contributed by atoms with Gasteiger partial charge in [-0.25, -0.2) is 15.0 Å².